The van der Waals surface area contributed by atoms with Crippen LogP contribution in [0.25, 0.3) is 0 Å². The van der Waals surface area contributed by atoms with Crippen LogP contribution in [-0.4, -0.2) is 25.0 Å². The SMILES string of the molecule is O=C(Cc1cccc(I)c1)NCC1CCCN1. The van der Waals surface area contributed by atoms with Crippen molar-refractivity contribution in [2.45, 2.75) is 25.3 Å². The minimum absolute atomic E-state index is 0.112. The summed E-state index contributed by atoms with van der Waals surface area (Å²) in [7, 11) is 0. The van der Waals surface area contributed by atoms with Gasteiger partial charge in [-0.1, -0.05) is 12.1 Å². The Hall–Kier alpha value is -0.620. The number of carbonyl (C=O) groups is 1. The van der Waals surface area contributed by atoms with E-state index < -0.39 is 0 Å². The van der Waals surface area contributed by atoms with Gasteiger partial charge in [-0.05, 0) is 59.7 Å². The van der Waals surface area contributed by atoms with Crippen LogP contribution in [0, 0.1) is 3.57 Å². The third-order valence-corrected chi connectivity index (χ3v) is 3.63. The summed E-state index contributed by atoms with van der Waals surface area (Å²) in [5.74, 6) is 0.112. The first kappa shape index (κ1) is 12.8. The number of hydrogen-bond donors (Lipinski definition) is 2. The molecule has 92 valence electrons. The molecule has 1 atom stereocenters. The topological polar surface area (TPSA) is 41.1 Å². The minimum Gasteiger partial charge on any atom is -0.354 e. The Morgan fingerprint density at radius 3 is 3.12 bits per heavy atom. The number of hydrogen-bond acceptors (Lipinski definition) is 2. The van der Waals surface area contributed by atoms with Crippen molar-refractivity contribution < 1.29 is 4.79 Å². The first-order valence-electron chi connectivity index (χ1n) is 5.98. The quantitative estimate of drug-likeness (QED) is 0.817. The number of nitrogens with one attached hydrogen (secondary N) is 2. The Labute approximate surface area is 116 Å². The summed E-state index contributed by atoms with van der Waals surface area (Å²) < 4.78 is 1.17. The van der Waals surface area contributed by atoms with Crippen LogP contribution in [0.1, 0.15) is 18.4 Å². The molecule has 0 bridgehead atoms. The average molecular weight is 344 g/mol. The van der Waals surface area contributed by atoms with Crippen LogP contribution >= 0.6 is 22.6 Å². The Morgan fingerprint density at radius 1 is 1.53 bits per heavy atom. The number of carbonyl (C=O) groups excluding carboxylic acids is 1. The molecule has 1 aliphatic heterocycles. The average Bonchev–Trinajstić information content (AvgIpc) is 2.79. The Bertz CT molecular complexity index is 389. The second-order valence-electron chi connectivity index (χ2n) is 4.40. The van der Waals surface area contributed by atoms with E-state index in [0.717, 1.165) is 18.7 Å². The predicted molar refractivity (Wildman–Crippen MR) is 76.9 cm³/mol. The normalized spacial score (nSPS) is 19.2. The van der Waals surface area contributed by atoms with Crippen molar-refractivity contribution >= 4 is 28.5 Å². The molecule has 3 nitrogen and oxygen atoms in total. The molecule has 1 unspecified atom stereocenters. The van der Waals surface area contributed by atoms with Crippen LogP contribution in [0.15, 0.2) is 24.3 Å². The fourth-order valence-electron chi connectivity index (χ4n) is 2.06. The molecule has 1 aromatic rings. The minimum atomic E-state index is 0.112. The Balaban J connectivity index is 1.76. The van der Waals surface area contributed by atoms with Crippen molar-refractivity contribution in [3.05, 3.63) is 33.4 Å². The summed E-state index contributed by atoms with van der Waals surface area (Å²) in [5, 5.41) is 6.36. The molecule has 1 saturated heterocycles. The van der Waals surface area contributed by atoms with Gasteiger partial charge in [-0.15, -0.1) is 0 Å². The van der Waals surface area contributed by atoms with Crippen molar-refractivity contribution in [1.82, 2.24) is 10.6 Å². The van der Waals surface area contributed by atoms with E-state index in [4.69, 9.17) is 0 Å². The molecule has 0 radical (unpaired) electrons. The van der Waals surface area contributed by atoms with Gasteiger partial charge < -0.3 is 10.6 Å². The van der Waals surface area contributed by atoms with Gasteiger partial charge in [0.1, 0.15) is 0 Å². The molecule has 1 fully saturated rings. The summed E-state index contributed by atoms with van der Waals surface area (Å²) >= 11 is 2.26. The maximum atomic E-state index is 11.7. The lowest BCUT2D eigenvalue weighted by Gasteiger charge is -2.11. The van der Waals surface area contributed by atoms with Gasteiger partial charge in [-0.2, -0.15) is 0 Å². The fraction of sp³-hybridized carbons (Fsp3) is 0.462. The summed E-state index contributed by atoms with van der Waals surface area (Å²) in [5.41, 5.74) is 1.08. The van der Waals surface area contributed by atoms with Gasteiger partial charge in [0, 0.05) is 16.2 Å². The smallest absolute Gasteiger partial charge is 0.224 e. The van der Waals surface area contributed by atoms with E-state index >= 15 is 0 Å². The highest BCUT2D eigenvalue weighted by Gasteiger charge is 2.14. The summed E-state index contributed by atoms with van der Waals surface area (Å²) in [4.78, 5) is 11.7. The summed E-state index contributed by atoms with van der Waals surface area (Å²) in [6.45, 7) is 1.83. The van der Waals surface area contributed by atoms with Crippen molar-refractivity contribution in [2.75, 3.05) is 13.1 Å². The first-order chi connectivity index (χ1) is 8.24. The van der Waals surface area contributed by atoms with Gasteiger partial charge in [0.25, 0.3) is 0 Å². The number of benzene rings is 1. The van der Waals surface area contributed by atoms with Gasteiger partial charge >= 0.3 is 0 Å². The standard InChI is InChI=1S/C13H17IN2O/c14-11-4-1-3-10(7-11)8-13(17)16-9-12-5-2-6-15-12/h1,3-4,7,12,15H,2,5-6,8-9H2,(H,16,17). The van der Waals surface area contributed by atoms with Gasteiger partial charge in [0.2, 0.25) is 5.91 Å². The molecule has 17 heavy (non-hydrogen) atoms. The monoisotopic (exact) mass is 344 g/mol. The van der Waals surface area contributed by atoms with Crippen molar-refractivity contribution in [3.8, 4) is 0 Å². The molecule has 1 aliphatic rings. The zero-order valence-corrected chi connectivity index (χ0v) is 11.9. The van der Waals surface area contributed by atoms with E-state index in [2.05, 4.69) is 33.2 Å². The third-order valence-electron chi connectivity index (χ3n) is 2.96. The van der Waals surface area contributed by atoms with Crippen molar-refractivity contribution in [2.24, 2.45) is 0 Å². The molecule has 2 rings (SSSR count). The first-order valence-corrected chi connectivity index (χ1v) is 7.06. The highest BCUT2D eigenvalue weighted by atomic mass is 127. The van der Waals surface area contributed by atoms with E-state index in [1.54, 1.807) is 0 Å². The van der Waals surface area contributed by atoms with Gasteiger partial charge in [0.15, 0.2) is 0 Å². The number of halogens is 1. The molecule has 1 aromatic carbocycles. The Morgan fingerprint density at radius 2 is 2.41 bits per heavy atom. The molecular weight excluding hydrogens is 327 g/mol. The third kappa shape index (κ3) is 4.27. The highest BCUT2D eigenvalue weighted by Crippen LogP contribution is 2.08. The fourth-order valence-corrected chi connectivity index (χ4v) is 2.67. The highest BCUT2D eigenvalue weighted by molar-refractivity contribution is 14.1. The van der Waals surface area contributed by atoms with Crippen molar-refractivity contribution in [3.63, 3.8) is 0 Å². The maximum Gasteiger partial charge on any atom is 0.224 e. The van der Waals surface area contributed by atoms with Gasteiger partial charge in [0.05, 0.1) is 6.42 Å². The van der Waals surface area contributed by atoms with Crippen LogP contribution in [-0.2, 0) is 11.2 Å². The maximum absolute atomic E-state index is 11.7. The van der Waals surface area contributed by atoms with Crippen molar-refractivity contribution in [1.29, 1.82) is 0 Å². The van der Waals surface area contributed by atoms with E-state index in [0.29, 0.717) is 12.5 Å². The van der Waals surface area contributed by atoms with Crippen LogP contribution in [0.2, 0.25) is 0 Å². The Kier molecular flexibility index (Phi) is 4.79. The van der Waals surface area contributed by atoms with Crippen LogP contribution in [0.4, 0.5) is 0 Å². The summed E-state index contributed by atoms with van der Waals surface area (Å²) in [6.07, 6.45) is 2.87. The lowest BCUT2D eigenvalue weighted by molar-refractivity contribution is -0.120. The van der Waals surface area contributed by atoms with E-state index in [-0.39, 0.29) is 5.91 Å². The predicted octanol–water partition coefficient (Wildman–Crippen LogP) is 1.70. The molecule has 2 N–H and O–H groups in total. The molecular formula is C13H17IN2O. The number of amides is 1. The number of rotatable bonds is 4. The second kappa shape index (κ2) is 6.35. The van der Waals surface area contributed by atoms with E-state index in [1.807, 2.05) is 24.3 Å². The van der Waals surface area contributed by atoms with E-state index in [1.165, 1.54) is 16.4 Å². The summed E-state index contributed by atoms with van der Waals surface area (Å²) in [6, 6.07) is 8.53. The molecule has 1 heterocycles. The molecule has 0 spiro atoms. The molecule has 0 saturated carbocycles. The lowest BCUT2D eigenvalue weighted by Crippen LogP contribution is -2.37. The van der Waals surface area contributed by atoms with Crippen LogP contribution < -0.4 is 10.6 Å². The molecule has 0 aliphatic carbocycles. The van der Waals surface area contributed by atoms with E-state index in [9.17, 15) is 4.79 Å². The van der Waals surface area contributed by atoms with Gasteiger partial charge in [-0.3, -0.25) is 4.79 Å². The zero-order valence-electron chi connectivity index (χ0n) is 9.71. The molecule has 4 heteroatoms. The van der Waals surface area contributed by atoms with Gasteiger partial charge in [-0.25, -0.2) is 0 Å². The molecule has 0 aromatic heterocycles. The second-order valence-corrected chi connectivity index (χ2v) is 5.65. The van der Waals surface area contributed by atoms with Crippen LogP contribution in [0.5, 0.6) is 0 Å². The van der Waals surface area contributed by atoms with Crippen LogP contribution in [0.3, 0.4) is 0 Å². The lowest BCUT2D eigenvalue weighted by atomic mass is 10.1. The molecule has 1 amide bonds. The largest absolute Gasteiger partial charge is 0.354 e. The zero-order chi connectivity index (χ0) is 12.1.